The van der Waals surface area contributed by atoms with Gasteiger partial charge in [0.1, 0.15) is 0 Å². The molecule has 3 aromatic heterocycles. The van der Waals surface area contributed by atoms with Crippen LogP contribution in [0, 0.1) is 6.92 Å². The maximum absolute atomic E-state index is 4.82. The predicted octanol–water partition coefficient (Wildman–Crippen LogP) is 5.64. The van der Waals surface area contributed by atoms with Crippen LogP contribution in [0.25, 0.3) is 45.3 Å². The number of benzene rings is 2. The van der Waals surface area contributed by atoms with Crippen molar-refractivity contribution in [3.63, 3.8) is 0 Å². The van der Waals surface area contributed by atoms with Crippen LogP contribution in [0.1, 0.15) is 5.56 Å². The van der Waals surface area contributed by atoms with Gasteiger partial charge in [-0.05, 0) is 24.6 Å². The Balaban J connectivity index is 1.45. The number of pyridine rings is 1. The molecule has 0 amide bonds. The van der Waals surface area contributed by atoms with Crippen LogP contribution in [0.4, 0.5) is 0 Å². The molecule has 5 heteroatoms. The molecule has 0 spiro atoms. The lowest BCUT2D eigenvalue weighted by Crippen LogP contribution is -1.95. The van der Waals surface area contributed by atoms with Gasteiger partial charge in [0.15, 0.2) is 11.6 Å². The third-order valence-electron chi connectivity index (χ3n) is 4.93. The van der Waals surface area contributed by atoms with Gasteiger partial charge in [0.2, 0.25) is 0 Å². The summed E-state index contributed by atoms with van der Waals surface area (Å²) in [6, 6.07) is 23.9. The summed E-state index contributed by atoms with van der Waals surface area (Å²) in [6.07, 6.45) is 7.26. The lowest BCUT2D eigenvalue weighted by atomic mass is 10.1. The molecule has 148 valence electrons. The molecule has 2 aromatic carbocycles. The molecule has 0 aliphatic rings. The molecule has 5 aromatic rings. The van der Waals surface area contributed by atoms with Gasteiger partial charge in [-0.2, -0.15) is 0 Å². The Kier molecular flexibility index (Phi) is 4.99. The Labute approximate surface area is 180 Å². The van der Waals surface area contributed by atoms with E-state index < -0.39 is 0 Å². The van der Waals surface area contributed by atoms with E-state index in [1.165, 1.54) is 0 Å². The first kappa shape index (κ1) is 18.8. The van der Waals surface area contributed by atoms with Crippen LogP contribution < -0.4 is 0 Å². The third-order valence-corrected chi connectivity index (χ3v) is 4.93. The van der Waals surface area contributed by atoms with E-state index in [1.807, 2.05) is 105 Å². The molecule has 3 heterocycles. The lowest BCUT2D eigenvalue weighted by molar-refractivity contribution is 1.15. The molecule has 0 radical (unpaired) electrons. The van der Waals surface area contributed by atoms with E-state index in [9.17, 15) is 0 Å². The summed E-state index contributed by atoms with van der Waals surface area (Å²) in [7, 11) is 0. The molecule has 31 heavy (non-hydrogen) atoms. The second-order valence-electron chi connectivity index (χ2n) is 7.24. The first-order chi connectivity index (χ1) is 15.3. The van der Waals surface area contributed by atoms with E-state index >= 15 is 0 Å². The quantitative estimate of drug-likeness (QED) is 0.390. The SMILES string of the molecule is Cc1cc(-c2cnc(-c3ccccc3)nc2)nc(-c2cnc(-c3ccccc3)nc2)c1. The molecule has 0 saturated heterocycles. The number of hydrogen-bond donors (Lipinski definition) is 0. The standard InChI is InChI=1S/C26H19N5/c1-18-12-23(21-14-27-25(28-15-21)19-8-4-2-5-9-19)31-24(13-18)22-16-29-26(30-17-22)20-10-6-3-7-11-20/h2-17H,1H3. The van der Waals surface area contributed by atoms with Gasteiger partial charge in [0.05, 0.1) is 11.4 Å². The highest BCUT2D eigenvalue weighted by molar-refractivity contribution is 5.67. The smallest absolute Gasteiger partial charge is 0.159 e. The van der Waals surface area contributed by atoms with E-state index in [0.29, 0.717) is 11.6 Å². The molecule has 0 bridgehead atoms. The van der Waals surface area contributed by atoms with E-state index in [2.05, 4.69) is 19.9 Å². The minimum atomic E-state index is 0.696. The van der Waals surface area contributed by atoms with Crippen molar-refractivity contribution in [1.82, 2.24) is 24.9 Å². The van der Waals surface area contributed by atoms with Gasteiger partial charge in [-0.1, -0.05) is 60.7 Å². The first-order valence-corrected chi connectivity index (χ1v) is 10.0. The topological polar surface area (TPSA) is 64.5 Å². The lowest BCUT2D eigenvalue weighted by Gasteiger charge is -2.08. The fourth-order valence-electron chi connectivity index (χ4n) is 3.36. The molecular formula is C26H19N5. The van der Waals surface area contributed by atoms with Crippen LogP contribution in [0.15, 0.2) is 97.6 Å². The second kappa shape index (κ2) is 8.24. The summed E-state index contributed by atoms with van der Waals surface area (Å²) >= 11 is 0. The molecule has 0 aliphatic heterocycles. The summed E-state index contributed by atoms with van der Waals surface area (Å²) in [6.45, 7) is 2.05. The van der Waals surface area contributed by atoms with Gasteiger partial charge >= 0.3 is 0 Å². The minimum absolute atomic E-state index is 0.696. The Morgan fingerprint density at radius 1 is 0.484 bits per heavy atom. The molecule has 0 atom stereocenters. The molecular weight excluding hydrogens is 382 g/mol. The maximum atomic E-state index is 4.82. The van der Waals surface area contributed by atoms with E-state index in [-0.39, 0.29) is 0 Å². The molecule has 0 aliphatic carbocycles. The van der Waals surface area contributed by atoms with E-state index in [4.69, 9.17) is 4.98 Å². The van der Waals surface area contributed by atoms with E-state index in [1.54, 1.807) is 0 Å². The summed E-state index contributed by atoms with van der Waals surface area (Å²) in [5, 5.41) is 0. The number of aryl methyl sites for hydroxylation is 1. The summed E-state index contributed by atoms with van der Waals surface area (Å²) in [5.74, 6) is 1.39. The van der Waals surface area contributed by atoms with Crippen LogP contribution in [0.3, 0.4) is 0 Å². The van der Waals surface area contributed by atoms with Crippen LogP contribution in [-0.4, -0.2) is 24.9 Å². The molecule has 5 rings (SSSR count). The van der Waals surface area contributed by atoms with Gasteiger partial charge in [-0.25, -0.2) is 24.9 Å². The summed E-state index contributed by atoms with van der Waals surface area (Å²) in [5.41, 5.74) is 6.45. The van der Waals surface area contributed by atoms with Gasteiger partial charge in [0, 0.05) is 47.0 Å². The fraction of sp³-hybridized carbons (Fsp3) is 0.0385. The number of rotatable bonds is 4. The number of aromatic nitrogens is 5. The first-order valence-electron chi connectivity index (χ1n) is 10.0. The molecule has 5 nitrogen and oxygen atoms in total. The van der Waals surface area contributed by atoms with Crippen molar-refractivity contribution in [2.75, 3.05) is 0 Å². The van der Waals surface area contributed by atoms with Crippen LogP contribution in [0.5, 0.6) is 0 Å². The van der Waals surface area contributed by atoms with Gasteiger partial charge in [0.25, 0.3) is 0 Å². The Morgan fingerprint density at radius 2 is 0.871 bits per heavy atom. The van der Waals surface area contributed by atoms with Crippen molar-refractivity contribution in [3.05, 3.63) is 103 Å². The summed E-state index contributed by atoms with van der Waals surface area (Å²) < 4.78 is 0. The van der Waals surface area contributed by atoms with Crippen molar-refractivity contribution in [3.8, 4) is 45.3 Å². The third kappa shape index (κ3) is 4.07. The zero-order chi connectivity index (χ0) is 21.0. The predicted molar refractivity (Wildman–Crippen MR) is 122 cm³/mol. The van der Waals surface area contributed by atoms with Crippen molar-refractivity contribution >= 4 is 0 Å². The van der Waals surface area contributed by atoms with Gasteiger partial charge < -0.3 is 0 Å². The Hall–Kier alpha value is -4.25. The highest BCUT2D eigenvalue weighted by Gasteiger charge is 2.09. The number of hydrogen-bond acceptors (Lipinski definition) is 5. The monoisotopic (exact) mass is 401 g/mol. The normalized spacial score (nSPS) is 10.7. The van der Waals surface area contributed by atoms with Gasteiger partial charge in [-0.3, -0.25) is 0 Å². The maximum Gasteiger partial charge on any atom is 0.159 e. The van der Waals surface area contributed by atoms with Crippen molar-refractivity contribution in [2.45, 2.75) is 6.92 Å². The van der Waals surface area contributed by atoms with Crippen molar-refractivity contribution < 1.29 is 0 Å². The van der Waals surface area contributed by atoms with Crippen molar-refractivity contribution in [2.24, 2.45) is 0 Å². The average Bonchev–Trinajstić information content (AvgIpc) is 2.85. The summed E-state index contributed by atoms with van der Waals surface area (Å²) in [4.78, 5) is 22.9. The van der Waals surface area contributed by atoms with E-state index in [0.717, 1.165) is 39.2 Å². The van der Waals surface area contributed by atoms with Crippen LogP contribution in [-0.2, 0) is 0 Å². The van der Waals surface area contributed by atoms with Gasteiger partial charge in [-0.15, -0.1) is 0 Å². The van der Waals surface area contributed by atoms with Crippen LogP contribution >= 0.6 is 0 Å². The molecule has 0 N–H and O–H groups in total. The number of nitrogens with zero attached hydrogens (tertiary/aromatic N) is 5. The second-order valence-corrected chi connectivity index (χ2v) is 7.24. The van der Waals surface area contributed by atoms with Crippen molar-refractivity contribution in [1.29, 1.82) is 0 Å². The largest absolute Gasteiger partial charge is 0.248 e. The fourth-order valence-corrected chi connectivity index (χ4v) is 3.36. The Morgan fingerprint density at radius 3 is 1.26 bits per heavy atom. The molecule has 0 fully saturated rings. The zero-order valence-electron chi connectivity index (χ0n) is 17.0. The highest BCUT2D eigenvalue weighted by Crippen LogP contribution is 2.25. The van der Waals surface area contributed by atoms with Crippen LogP contribution in [0.2, 0.25) is 0 Å². The Bertz CT molecular complexity index is 1200. The molecule has 0 unspecified atom stereocenters. The highest BCUT2D eigenvalue weighted by atomic mass is 14.9. The average molecular weight is 401 g/mol. The zero-order valence-corrected chi connectivity index (χ0v) is 17.0. The minimum Gasteiger partial charge on any atom is -0.248 e. The molecule has 0 saturated carbocycles.